The van der Waals surface area contributed by atoms with Crippen molar-refractivity contribution < 1.29 is 12.8 Å². The number of benzene rings is 2. The van der Waals surface area contributed by atoms with Crippen molar-refractivity contribution in [1.29, 1.82) is 0 Å². The quantitative estimate of drug-likeness (QED) is 0.351. The zero-order valence-electron chi connectivity index (χ0n) is 15.9. The third kappa shape index (κ3) is 4.72. The Kier molecular flexibility index (Phi) is 6.24. The number of fused-ring (bicyclic) bond motifs is 1. The molecule has 0 unspecified atom stereocenters. The van der Waals surface area contributed by atoms with Gasteiger partial charge in [-0.25, -0.2) is 22.5 Å². The highest BCUT2D eigenvalue weighted by atomic mass is 79.9. The summed E-state index contributed by atoms with van der Waals surface area (Å²) < 4.78 is 42.5. The van der Waals surface area contributed by atoms with Gasteiger partial charge in [0.25, 0.3) is 0 Å². The minimum absolute atomic E-state index is 0.00258. The molecule has 2 N–H and O–H groups in total. The molecule has 0 spiro atoms. The fourth-order valence-electron chi connectivity index (χ4n) is 2.94. The Morgan fingerprint density at radius 1 is 1.10 bits per heavy atom. The summed E-state index contributed by atoms with van der Waals surface area (Å²) in [6, 6.07) is 13.8. The first-order valence-electron chi connectivity index (χ1n) is 9.13. The number of hydrogen-bond acceptors (Lipinski definition) is 5. The van der Waals surface area contributed by atoms with Crippen LogP contribution in [0.25, 0.3) is 16.9 Å². The summed E-state index contributed by atoms with van der Waals surface area (Å²) in [5, 5.41) is 8.03. The van der Waals surface area contributed by atoms with E-state index in [9.17, 15) is 12.8 Å². The molecule has 0 radical (unpaired) electrons. The van der Waals surface area contributed by atoms with E-state index in [-0.39, 0.29) is 18.0 Å². The second-order valence-electron chi connectivity index (χ2n) is 6.51. The molecule has 0 amide bonds. The monoisotopic (exact) mass is 523 g/mol. The van der Waals surface area contributed by atoms with Crippen LogP contribution in [0.2, 0.25) is 5.02 Å². The second-order valence-corrected chi connectivity index (χ2v) is 9.54. The zero-order valence-corrected chi connectivity index (χ0v) is 19.0. The van der Waals surface area contributed by atoms with Gasteiger partial charge in [-0.15, -0.1) is 0 Å². The van der Waals surface area contributed by atoms with Crippen molar-refractivity contribution in [3.05, 3.63) is 76.1 Å². The van der Waals surface area contributed by atoms with Gasteiger partial charge in [0.1, 0.15) is 11.6 Å². The van der Waals surface area contributed by atoms with Gasteiger partial charge in [-0.2, -0.15) is 9.61 Å². The molecular formula is C20H16BrClFN5O2S. The van der Waals surface area contributed by atoms with E-state index in [1.54, 1.807) is 22.8 Å². The molecule has 0 aliphatic rings. The normalized spacial score (nSPS) is 11.7. The van der Waals surface area contributed by atoms with Crippen LogP contribution in [-0.4, -0.2) is 36.1 Å². The third-order valence-corrected chi connectivity index (χ3v) is 6.79. The predicted molar refractivity (Wildman–Crippen MR) is 121 cm³/mol. The standard InChI is InChI=1S/C20H16BrClFN5O2S/c21-16-12-25-28-19(11-18(27-20(16)28)15-3-1-2-4-17(15)22)24-9-10-26-31(29,30)14-7-5-13(23)6-8-14/h1-8,11-12,24,26H,9-10H2. The molecule has 0 aliphatic heterocycles. The maximum Gasteiger partial charge on any atom is 0.240 e. The highest BCUT2D eigenvalue weighted by molar-refractivity contribution is 9.10. The lowest BCUT2D eigenvalue weighted by Crippen LogP contribution is -2.29. The van der Waals surface area contributed by atoms with Crippen molar-refractivity contribution in [1.82, 2.24) is 19.3 Å². The molecule has 0 atom stereocenters. The number of halogens is 3. The zero-order chi connectivity index (χ0) is 22.0. The first-order valence-corrected chi connectivity index (χ1v) is 11.8. The van der Waals surface area contributed by atoms with Gasteiger partial charge in [0, 0.05) is 29.7 Å². The van der Waals surface area contributed by atoms with Crippen LogP contribution in [0.5, 0.6) is 0 Å². The Bertz CT molecular complexity index is 1350. The van der Waals surface area contributed by atoms with Gasteiger partial charge in [-0.05, 0) is 46.3 Å². The Labute approximate surface area is 191 Å². The van der Waals surface area contributed by atoms with Crippen LogP contribution in [0.3, 0.4) is 0 Å². The van der Waals surface area contributed by atoms with E-state index in [1.165, 1.54) is 12.1 Å². The molecule has 0 saturated carbocycles. The average molecular weight is 525 g/mol. The minimum Gasteiger partial charge on any atom is -0.369 e. The Hall–Kier alpha value is -2.53. The molecule has 0 fully saturated rings. The minimum atomic E-state index is -3.74. The molecule has 7 nitrogen and oxygen atoms in total. The van der Waals surface area contributed by atoms with E-state index in [2.05, 4.69) is 36.1 Å². The van der Waals surface area contributed by atoms with Crippen molar-refractivity contribution in [2.75, 3.05) is 18.4 Å². The molecule has 11 heteroatoms. The van der Waals surface area contributed by atoms with E-state index in [0.717, 1.165) is 17.7 Å². The highest BCUT2D eigenvalue weighted by Crippen LogP contribution is 2.30. The van der Waals surface area contributed by atoms with E-state index < -0.39 is 15.8 Å². The van der Waals surface area contributed by atoms with Crippen molar-refractivity contribution >= 4 is 49.0 Å². The largest absolute Gasteiger partial charge is 0.369 e. The first-order chi connectivity index (χ1) is 14.8. The fourth-order valence-corrected chi connectivity index (χ4v) is 4.55. The Morgan fingerprint density at radius 2 is 1.84 bits per heavy atom. The van der Waals surface area contributed by atoms with Gasteiger partial charge < -0.3 is 5.32 Å². The number of sulfonamides is 1. The van der Waals surface area contributed by atoms with Gasteiger partial charge in [0.2, 0.25) is 10.0 Å². The van der Waals surface area contributed by atoms with Crippen LogP contribution in [0.15, 0.2) is 70.2 Å². The highest BCUT2D eigenvalue weighted by Gasteiger charge is 2.15. The second kappa shape index (κ2) is 8.91. The molecule has 31 heavy (non-hydrogen) atoms. The number of aromatic nitrogens is 3. The molecule has 2 aromatic heterocycles. The first kappa shape index (κ1) is 21.7. The van der Waals surface area contributed by atoms with Gasteiger partial charge in [-0.3, -0.25) is 0 Å². The summed E-state index contributed by atoms with van der Waals surface area (Å²) in [5.41, 5.74) is 2.00. The Morgan fingerprint density at radius 3 is 2.58 bits per heavy atom. The van der Waals surface area contributed by atoms with Crippen LogP contribution in [-0.2, 0) is 10.0 Å². The molecule has 4 aromatic rings. The molecule has 0 aliphatic carbocycles. The van der Waals surface area contributed by atoms with Crippen molar-refractivity contribution in [3.63, 3.8) is 0 Å². The smallest absolute Gasteiger partial charge is 0.240 e. The number of hydrogen-bond donors (Lipinski definition) is 2. The summed E-state index contributed by atoms with van der Waals surface area (Å²) in [5.74, 6) is 0.119. The van der Waals surface area contributed by atoms with Crippen LogP contribution in [0.4, 0.5) is 10.2 Å². The summed E-state index contributed by atoms with van der Waals surface area (Å²) >= 11 is 9.77. The summed E-state index contributed by atoms with van der Waals surface area (Å²) in [4.78, 5) is 4.63. The molecule has 0 saturated heterocycles. The molecular weight excluding hydrogens is 509 g/mol. The lowest BCUT2D eigenvalue weighted by Gasteiger charge is -2.12. The number of nitrogens with zero attached hydrogens (tertiary/aromatic N) is 3. The maximum absolute atomic E-state index is 13.0. The topological polar surface area (TPSA) is 88.4 Å². The number of anilines is 1. The van der Waals surface area contributed by atoms with Crippen molar-refractivity contribution in [2.45, 2.75) is 4.90 Å². The summed E-state index contributed by atoms with van der Waals surface area (Å²) in [6.45, 7) is 0.381. The SMILES string of the molecule is O=S(=O)(NCCNc1cc(-c2ccccc2Cl)nc2c(Br)cnn12)c1ccc(F)cc1. The van der Waals surface area contributed by atoms with Crippen LogP contribution < -0.4 is 10.0 Å². The van der Waals surface area contributed by atoms with Crippen LogP contribution in [0, 0.1) is 5.82 Å². The van der Waals surface area contributed by atoms with Gasteiger partial charge in [0.15, 0.2) is 5.65 Å². The maximum atomic E-state index is 13.0. The van der Waals surface area contributed by atoms with Crippen molar-refractivity contribution in [3.8, 4) is 11.3 Å². The Balaban J connectivity index is 1.53. The average Bonchev–Trinajstić information content (AvgIpc) is 3.13. The van der Waals surface area contributed by atoms with Crippen LogP contribution >= 0.6 is 27.5 Å². The van der Waals surface area contributed by atoms with Crippen LogP contribution in [0.1, 0.15) is 0 Å². The van der Waals surface area contributed by atoms with Gasteiger partial charge in [0.05, 0.1) is 21.3 Å². The lowest BCUT2D eigenvalue weighted by atomic mass is 10.1. The predicted octanol–water partition coefficient (Wildman–Crippen LogP) is 4.34. The molecule has 2 aromatic carbocycles. The molecule has 0 bridgehead atoms. The molecule has 2 heterocycles. The fraction of sp³-hybridized carbons (Fsp3) is 0.100. The number of nitrogens with one attached hydrogen (secondary N) is 2. The van der Waals surface area contributed by atoms with E-state index in [1.807, 2.05) is 18.2 Å². The summed E-state index contributed by atoms with van der Waals surface area (Å²) in [7, 11) is -3.74. The number of rotatable bonds is 7. The van der Waals surface area contributed by atoms with E-state index in [0.29, 0.717) is 26.7 Å². The molecule has 160 valence electrons. The van der Waals surface area contributed by atoms with Crippen molar-refractivity contribution in [2.24, 2.45) is 0 Å². The third-order valence-electron chi connectivity index (χ3n) is 4.43. The lowest BCUT2D eigenvalue weighted by molar-refractivity contribution is 0.582. The molecule has 4 rings (SSSR count). The van der Waals surface area contributed by atoms with E-state index in [4.69, 9.17) is 11.6 Å². The van der Waals surface area contributed by atoms with Gasteiger partial charge >= 0.3 is 0 Å². The van der Waals surface area contributed by atoms with E-state index >= 15 is 0 Å². The van der Waals surface area contributed by atoms with Gasteiger partial charge in [-0.1, -0.05) is 29.8 Å². The summed E-state index contributed by atoms with van der Waals surface area (Å²) in [6.07, 6.45) is 1.63.